The van der Waals surface area contributed by atoms with Crippen LogP contribution in [0.25, 0.3) is 0 Å². The molecule has 1 fully saturated rings. The van der Waals surface area contributed by atoms with Gasteiger partial charge in [0.1, 0.15) is 5.75 Å². The molecule has 1 aliphatic heterocycles. The average Bonchev–Trinajstić information content (AvgIpc) is 3.22. The van der Waals surface area contributed by atoms with Crippen molar-refractivity contribution in [2.24, 2.45) is 5.14 Å². The minimum Gasteiger partial charge on any atom is -0.497 e. The fraction of sp³-hybridized carbons (Fsp3) is 0.368. The molecule has 0 spiro atoms. The van der Waals surface area contributed by atoms with Gasteiger partial charge in [0.15, 0.2) is 0 Å². The Morgan fingerprint density at radius 2 is 1.66 bits per heavy atom. The molecular weight excluding hydrogens is 414 g/mol. The number of sulfonamides is 2. The van der Waals surface area contributed by atoms with Crippen LogP contribution in [0.3, 0.4) is 0 Å². The maximum absolute atomic E-state index is 12.7. The largest absolute Gasteiger partial charge is 0.497 e. The molecule has 1 heterocycles. The van der Waals surface area contributed by atoms with Gasteiger partial charge in [-0.1, -0.05) is 12.1 Å². The second-order valence-corrected chi connectivity index (χ2v) is 10.2. The Morgan fingerprint density at radius 3 is 2.24 bits per heavy atom. The molecule has 29 heavy (non-hydrogen) atoms. The van der Waals surface area contributed by atoms with Gasteiger partial charge in [0, 0.05) is 12.6 Å². The summed E-state index contributed by atoms with van der Waals surface area (Å²) in [5.41, 5.74) is 0.971. The van der Waals surface area contributed by atoms with E-state index in [4.69, 9.17) is 9.88 Å². The molecule has 2 aromatic rings. The van der Waals surface area contributed by atoms with Crippen LogP contribution in [0.2, 0.25) is 0 Å². The lowest BCUT2D eigenvalue weighted by atomic mass is 10.1. The molecule has 10 heteroatoms. The van der Waals surface area contributed by atoms with Crippen LogP contribution < -0.4 is 14.6 Å². The minimum absolute atomic E-state index is 0.0179. The van der Waals surface area contributed by atoms with E-state index in [1.807, 2.05) is 24.3 Å². The SMILES string of the molecule is COc1cccc([C@H](CNS(=O)(=O)c2ccc(S(N)(=O)=O)cc2)N2CCCC2)c1. The van der Waals surface area contributed by atoms with Crippen LogP contribution in [-0.4, -0.2) is 48.5 Å². The van der Waals surface area contributed by atoms with Crippen LogP contribution in [0, 0.1) is 0 Å². The molecular formula is C19H25N3O5S2. The zero-order valence-corrected chi connectivity index (χ0v) is 17.7. The molecule has 2 aromatic carbocycles. The summed E-state index contributed by atoms with van der Waals surface area (Å²) in [5, 5.41) is 5.06. The van der Waals surface area contributed by atoms with Gasteiger partial charge in [-0.2, -0.15) is 0 Å². The third-order valence-electron chi connectivity index (χ3n) is 4.99. The smallest absolute Gasteiger partial charge is 0.240 e. The van der Waals surface area contributed by atoms with Crippen LogP contribution >= 0.6 is 0 Å². The number of benzene rings is 2. The number of nitrogens with one attached hydrogen (secondary N) is 1. The lowest BCUT2D eigenvalue weighted by Gasteiger charge is -2.28. The number of rotatable bonds is 8. The van der Waals surface area contributed by atoms with Crippen molar-refractivity contribution in [2.45, 2.75) is 28.7 Å². The maximum atomic E-state index is 12.7. The summed E-state index contributed by atoms with van der Waals surface area (Å²) >= 11 is 0. The zero-order chi connectivity index (χ0) is 21.1. The highest BCUT2D eigenvalue weighted by atomic mass is 32.2. The molecule has 3 N–H and O–H groups in total. The van der Waals surface area contributed by atoms with E-state index in [0.29, 0.717) is 5.75 Å². The van der Waals surface area contributed by atoms with E-state index < -0.39 is 20.0 Å². The summed E-state index contributed by atoms with van der Waals surface area (Å²) in [6.07, 6.45) is 2.14. The van der Waals surface area contributed by atoms with Crippen LogP contribution in [0.4, 0.5) is 0 Å². The second-order valence-electron chi connectivity index (χ2n) is 6.90. The molecule has 0 bridgehead atoms. The van der Waals surface area contributed by atoms with E-state index >= 15 is 0 Å². The highest BCUT2D eigenvalue weighted by molar-refractivity contribution is 7.89. The topological polar surface area (TPSA) is 119 Å². The van der Waals surface area contributed by atoms with Gasteiger partial charge in [-0.05, 0) is 67.9 Å². The first kappa shape index (κ1) is 21.7. The molecule has 0 amide bonds. The molecule has 1 aliphatic rings. The molecule has 1 saturated heterocycles. The van der Waals surface area contributed by atoms with Crippen molar-refractivity contribution < 1.29 is 21.6 Å². The van der Waals surface area contributed by atoms with Crippen molar-refractivity contribution in [2.75, 3.05) is 26.7 Å². The number of primary sulfonamides is 1. The Hall–Kier alpha value is -1.98. The summed E-state index contributed by atoms with van der Waals surface area (Å²) in [6, 6.07) is 12.3. The van der Waals surface area contributed by atoms with Crippen LogP contribution in [0.5, 0.6) is 5.75 Å². The molecule has 0 radical (unpaired) electrons. The van der Waals surface area contributed by atoms with Crippen molar-refractivity contribution >= 4 is 20.0 Å². The van der Waals surface area contributed by atoms with Crippen LogP contribution in [0.15, 0.2) is 58.3 Å². The van der Waals surface area contributed by atoms with E-state index in [9.17, 15) is 16.8 Å². The number of hydrogen-bond donors (Lipinski definition) is 2. The Kier molecular flexibility index (Phi) is 6.59. The molecule has 8 nitrogen and oxygen atoms in total. The van der Waals surface area contributed by atoms with E-state index in [-0.39, 0.29) is 22.4 Å². The van der Waals surface area contributed by atoms with Crippen molar-refractivity contribution in [3.8, 4) is 5.75 Å². The number of ether oxygens (including phenoxy) is 1. The van der Waals surface area contributed by atoms with Gasteiger partial charge in [-0.25, -0.2) is 26.7 Å². The number of nitrogens with two attached hydrogens (primary N) is 1. The third kappa shape index (κ3) is 5.34. The van der Waals surface area contributed by atoms with E-state index in [1.54, 1.807) is 7.11 Å². The van der Waals surface area contributed by atoms with Gasteiger partial charge in [0.05, 0.1) is 16.9 Å². The number of likely N-dealkylation sites (tertiary alicyclic amines) is 1. The molecule has 3 rings (SSSR count). The van der Waals surface area contributed by atoms with E-state index in [1.165, 1.54) is 24.3 Å². The molecule has 0 unspecified atom stereocenters. The Bertz CT molecular complexity index is 1050. The minimum atomic E-state index is -3.88. The molecule has 158 valence electrons. The maximum Gasteiger partial charge on any atom is 0.240 e. The first-order valence-electron chi connectivity index (χ1n) is 9.21. The molecule has 0 aromatic heterocycles. The molecule has 1 atom stereocenters. The summed E-state index contributed by atoms with van der Waals surface area (Å²) in [4.78, 5) is 2.10. The number of methoxy groups -OCH3 is 1. The highest BCUT2D eigenvalue weighted by Gasteiger charge is 2.26. The van der Waals surface area contributed by atoms with Gasteiger partial charge in [-0.15, -0.1) is 0 Å². The van der Waals surface area contributed by atoms with Crippen molar-refractivity contribution in [3.05, 3.63) is 54.1 Å². The van der Waals surface area contributed by atoms with Gasteiger partial charge in [-0.3, -0.25) is 4.90 Å². The van der Waals surface area contributed by atoms with Crippen molar-refractivity contribution in [1.82, 2.24) is 9.62 Å². The quantitative estimate of drug-likeness (QED) is 0.643. The van der Waals surface area contributed by atoms with E-state index in [0.717, 1.165) is 31.5 Å². The summed E-state index contributed by atoms with van der Waals surface area (Å²) in [6.45, 7) is 1.98. The summed E-state index contributed by atoms with van der Waals surface area (Å²) in [5.74, 6) is 0.716. The van der Waals surface area contributed by atoms with Crippen LogP contribution in [0.1, 0.15) is 24.4 Å². The molecule has 0 aliphatic carbocycles. The fourth-order valence-corrected chi connectivity index (χ4v) is 4.99. The van der Waals surface area contributed by atoms with Gasteiger partial charge >= 0.3 is 0 Å². The highest BCUT2D eigenvalue weighted by Crippen LogP contribution is 2.27. The first-order chi connectivity index (χ1) is 13.7. The van der Waals surface area contributed by atoms with Crippen LogP contribution in [-0.2, 0) is 20.0 Å². The Balaban J connectivity index is 1.80. The number of hydrogen-bond acceptors (Lipinski definition) is 6. The normalized spacial score (nSPS) is 16.6. The standard InChI is InChI=1S/C19H25N3O5S2/c1-27-16-6-4-5-15(13-16)19(22-11-2-3-12-22)14-21-29(25,26)18-9-7-17(8-10-18)28(20,23)24/h4-10,13,19,21H,2-3,11-12,14H2,1H3,(H2,20,23,24)/t19-/m0/s1. The third-order valence-corrected chi connectivity index (χ3v) is 7.36. The lowest BCUT2D eigenvalue weighted by molar-refractivity contribution is 0.246. The first-order valence-corrected chi connectivity index (χ1v) is 12.2. The van der Waals surface area contributed by atoms with E-state index in [2.05, 4.69) is 9.62 Å². The second kappa shape index (κ2) is 8.80. The van der Waals surface area contributed by atoms with Crippen molar-refractivity contribution in [1.29, 1.82) is 0 Å². The lowest BCUT2D eigenvalue weighted by Crippen LogP contribution is -2.36. The summed E-state index contributed by atoms with van der Waals surface area (Å²) < 4.78 is 56.1. The predicted octanol–water partition coefficient (Wildman–Crippen LogP) is 1.46. The number of nitrogens with zero attached hydrogens (tertiary/aromatic N) is 1. The predicted molar refractivity (Wildman–Crippen MR) is 110 cm³/mol. The van der Waals surface area contributed by atoms with Gasteiger partial charge in [0.25, 0.3) is 0 Å². The summed E-state index contributed by atoms with van der Waals surface area (Å²) in [7, 11) is -6.10. The van der Waals surface area contributed by atoms with Gasteiger partial charge < -0.3 is 4.74 Å². The fourth-order valence-electron chi connectivity index (χ4n) is 3.44. The van der Waals surface area contributed by atoms with Gasteiger partial charge in [0.2, 0.25) is 20.0 Å². The Labute approximate surface area is 171 Å². The average molecular weight is 440 g/mol. The molecule has 0 saturated carbocycles. The van der Waals surface area contributed by atoms with Crippen molar-refractivity contribution in [3.63, 3.8) is 0 Å². The zero-order valence-electron chi connectivity index (χ0n) is 16.1. The Morgan fingerprint density at radius 1 is 1.03 bits per heavy atom. The monoisotopic (exact) mass is 439 g/mol.